The highest BCUT2D eigenvalue weighted by molar-refractivity contribution is 7.12. The number of fused-ring (bicyclic) bond motifs is 1. The number of nitrogens with zero attached hydrogens (tertiary/aromatic N) is 1. The van der Waals surface area contributed by atoms with Gasteiger partial charge >= 0.3 is 0 Å². The number of likely N-dealkylation sites (tertiary alicyclic amines) is 1. The van der Waals surface area contributed by atoms with Gasteiger partial charge in [-0.1, -0.05) is 6.42 Å². The standard InChI is InChI=1S/C15H24N2S/c1-11-7-8-15(18-11)14(10-16)17-9-3-5-12-4-2-6-13(12)17/h7-8,12-14H,2-6,9-10,16H2,1H3. The van der Waals surface area contributed by atoms with Gasteiger partial charge in [0.15, 0.2) is 0 Å². The van der Waals surface area contributed by atoms with Crippen molar-refractivity contribution in [1.82, 2.24) is 4.90 Å². The Morgan fingerprint density at radius 3 is 2.89 bits per heavy atom. The Hall–Kier alpha value is -0.380. The summed E-state index contributed by atoms with van der Waals surface area (Å²) in [5.74, 6) is 0.953. The normalized spacial score (nSPS) is 30.3. The summed E-state index contributed by atoms with van der Waals surface area (Å²) in [6, 6.07) is 5.80. The second-order valence-corrected chi connectivity index (χ2v) is 7.16. The third-order valence-electron chi connectivity index (χ3n) is 4.75. The molecule has 3 heteroatoms. The molecule has 3 unspecified atom stereocenters. The van der Waals surface area contributed by atoms with Gasteiger partial charge in [0.2, 0.25) is 0 Å². The molecule has 1 aliphatic carbocycles. The lowest BCUT2D eigenvalue weighted by Crippen LogP contribution is -2.46. The lowest BCUT2D eigenvalue weighted by Gasteiger charge is -2.42. The average molecular weight is 264 g/mol. The molecule has 2 aliphatic rings. The molecule has 18 heavy (non-hydrogen) atoms. The van der Waals surface area contributed by atoms with Crippen molar-refractivity contribution in [2.45, 2.75) is 51.1 Å². The van der Waals surface area contributed by atoms with Crippen LogP contribution >= 0.6 is 11.3 Å². The lowest BCUT2D eigenvalue weighted by molar-refractivity contribution is 0.0716. The highest BCUT2D eigenvalue weighted by atomic mass is 32.1. The minimum Gasteiger partial charge on any atom is -0.329 e. The van der Waals surface area contributed by atoms with Crippen LogP contribution in [0, 0.1) is 12.8 Å². The summed E-state index contributed by atoms with van der Waals surface area (Å²) in [4.78, 5) is 5.61. The monoisotopic (exact) mass is 264 g/mol. The van der Waals surface area contributed by atoms with E-state index >= 15 is 0 Å². The van der Waals surface area contributed by atoms with Gasteiger partial charge in [-0.2, -0.15) is 0 Å². The van der Waals surface area contributed by atoms with Crippen LogP contribution in [0.5, 0.6) is 0 Å². The molecular formula is C15H24N2S. The second kappa shape index (κ2) is 5.32. The van der Waals surface area contributed by atoms with Gasteiger partial charge in [-0.25, -0.2) is 0 Å². The minimum atomic E-state index is 0.467. The first-order chi connectivity index (χ1) is 8.79. The zero-order valence-corrected chi connectivity index (χ0v) is 12.1. The van der Waals surface area contributed by atoms with Crippen LogP contribution in [0.15, 0.2) is 12.1 Å². The van der Waals surface area contributed by atoms with E-state index in [0.717, 1.165) is 18.5 Å². The van der Waals surface area contributed by atoms with Gasteiger partial charge in [0.1, 0.15) is 0 Å². The van der Waals surface area contributed by atoms with Gasteiger partial charge in [0.25, 0.3) is 0 Å². The molecule has 2 heterocycles. The predicted octanol–water partition coefficient (Wildman–Crippen LogP) is 3.32. The molecule has 0 amide bonds. The van der Waals surface area contributed by atoms with E-state index < -0.39 is 0 Å². The summed E-state index contributed by atoms with van der Waals surface area (Å²) in [6.07, 6.45) is 7.07. The zero-order chi connectivity index (χ0) is 12.5. The van der Waals surface area contributed by atoms with Crippen molar-refractivity contribution in [2.75, 3.05) is 13.1 Å². The van der Waals surface area contributed by atoms with Crippen molar-refractivity contribution >= 4 is 11.3 Å². The number of aryl methyl sites for hydroxylation is 1. The fourth-order valence-electron chi connectivity index (χ4n) is 3.93. The molecule has 2 nitrogen and oxygen atoms in total. The summed E-state index contributed by atoms with van der Waals surface area (Å²) >= 11 is 1.93. The Morgan fingerprint density at radius 1 is 1.33 bits per heavy atom. The third-order valence-corrected chi connectivity index (χ3v) is 5.85. The molecule has 0 spiro atoms. The van der Waals surface area contributed by atoms with Crippen molar-refractivity contribution < 1.29 is 0 Å². The Morgan fingerprint density at radius 2 is 2.17 bits per heavy atom. The summed E-state index contributed by atoms with van der Waals surface area (Å²) in [6.45, 7) is 4.21. The maximum atomic E-state index is 6.09. The SMILES string of the molecule is Cc1ccc(C(CN)N2CCCC3CCCC32)s1. The molecule has 100 valence electrons. The summed E-state index contributed by atoms with van der Waals surface area (Å²) in [7, 11) is 0. The van der Waals surface area contributed by atoms with Crippen molar-refractivity contribution in [3.8, 4) is 0 Å². The molecule has 0 bridgehead atoms. The largest absolute Gasteiger partial charge is 0.329 e. The quantitative estimate of drug-likeness (QED) is 0.907. The van der Waals surface area contributed by atoms with E-state index in [9.17, 15) is 0 Å². The Labute approximate surface area is 114 Å². The van der Waals surface area contributed by atoms with Crippen molar-refractivity contribution in [2.24, 2.45) is 11.7 Å². The minimum absolute atomic E-state index is 0.467. The molecule has 0 aromatic carbocycles. The van der Waals surface area contributed by atoms with Crippen molar-refractivity contribution in [1.29, 1.82) is 0 Å². The summed E-state index contributed by atoms with van der Waals surface area (Å²) in [5.41, 5.74) is 6.09. The third kappa shape index (κ3) is 2.24. The molecule has 2 N–H and O–H groups in total. The van der Waals surface area contributed by atoms with E-state index in [2.05, 4.69) is 24.0 Å². The highest BCUT2D eigenvalue weighted by Gasteiger charge is 2.38. The smallest absolute Gasteiger partial charge is 0.0566 e. The predicted molar refractivity (Wildman–Crippen MR) is 77.9 cm³/mol. The van der Waals surface area contributed by atoms with Crippen LogP contribution in [0.25, 0.3) is 0 Å². The van der Waals surface area contributed by atoms with Crippen LogP contribution in [0.3, 0.4) is 0 Å². The molecule has 2 fully saturated rings. The van der Waals surface area contributed by atoms with E-state index in [1.807, 2.05) is 11.3 Å². The van der Waals surface area contributed by atoms with Gasteiger partial charge in [-0.05, 0) is 57.2 Å². The number of hydrogen-bond donors (Lipinski definition) is 1. The maximum absolute atomic E-state index is 6.09. The second-order valence-electron chi connectivity index (χ2n) is 5.84. The van der Waals surface area contributed by atoms with Crippen LogP contribution < -0.4 is 5.73 Å². The first-order valence-electron chi connectivity index (χ1n) is 7.31. The fraction of sp³-hybridized carbons (Fsp3) is 0.733. The number of thiophene rings is 1. The summed E-state index contributed by atoms with van der Waals surface area (Å²) in [5, 5.41) is 0. The topological polar surface area (TPSA) is 29.3 Å². The first-order valence-corrected chi connectivity index (χ1v) is 8.13. The van der Waals surface area contributed by atoms with Gasteiger partial charge in [-0.15, -0.1) is 11.3 Å². The first kappa shape index (κ1) is 12.6. The summed E-state index contributed by atoms with van der Waals surface area (Å²) < 4.78 is 0. The van der Waals surface area contributed by atoms with Crippen molar-refractivity contribution in [3.05, 3.63) is 21.9 Å². The van der Waals surface area contributed by atoms with Gasteiger partial charge in [0.05, 0.1) is 6.04 Å². The average Bonchev–Trinajstić information content (AvgIpc) is 2.99. The molecule has 1 saturated heterocycles. The number of rotatable bonds is 3. The molecule has 3 rings (SSSR count). The molecule has 3 atom stereocenters. The van der Waals surface area contributed by atoms with Crippen molar-refractivity contribution in [3.63, 3.8) is 0 Å². The van der Waals surface area contributed by atoms with Crippen LogP contribution in [0.1, 0.15) is 47.9 Å². The molecule has 1 aliphatic heterocycles. The van der Waals surface area contributed by atoms with E-state index in [1.54, 1.807) is 0 Å². The number of hydrogen-bond acceptors (Lipinski definition) is 3. The maximum Gasteiger partial charge on any atom is 0.0566 e. The van der Waals surface area contributed by atoms with E-state index in [1.165, 1.54) is 48.4 Å². The van der Waals surface area contributed by atoms with E-state index in [0.29, 0.717) is 6.04 Å². The lowest BCUT2D eigenvalue weighted by atomic mass is 9.90. The molecule has 1 aromatic rings. The Kier molecular flexibility index (Phi) is 3.73. The van der Waals surface area contributed by atoms with Crippen LogP contribution in [-0.2, 0) is 0 Å². The fourth-order valence-corrected chi connectivity index (χ4v) is 4.94. The van der Waals surface area contributed by atoms with Gasteiger partial charge < -0.3 is 5.73 Å². The van der Waals surface area contributed by atoms with Gasteiger partial charge in [-0.3, -0.25) is 4.90 Å². The van der Waals surface area contributed by atoms with Gasteiger partial charge in [0, 0.05) is 22.3 Å². The van der Waals surface area contributed by atoms with Crippen LogP contribution in [0.2, 0.25) is 0 Å². The highest BCUT2D eigenvalue weighted by Crippen LogP contribution is 2.41. The Bertz CT molecular complexity index is 401. The van der Waals surface area contributed by atoms with Crippen LogP contribution in [0.4, 0.5) is 0 Å². The molecular weight excluding hydrogens is 240 g/mol. The molecule has 1 saturated carbocycles. The van der Waals surface area contributed by atoms with E-state index in [4.69, 9.17) is 5.73 Å². The van der Waals surface area contributed by atoms with Crippen LogP contribution in [-0.4, -0.2) is 24.0 Å². The number of nitrogens with two attached hydrogens (primary N) is 1. The Balaban J connectivity index is 1.82. The zero-order valence-electron chi connectivity index (χ0n) is 11.3. The molecule has 1 aromatic heterocycles. The van der Waals surface area contributed by atoms with E-state index in [-0.39, 0.29) is 0 Å². The molecule has 0 radical (unpaired) electrons. The number of piperidine rings is 1.